The molecule has 1 atom stereocenters. The Balaban J connectivity index is 1.82. The fourth-order valence-corrected chi connectivity index (χ4v) is 3.49. The van der Waals surface area contributed by atoms with E-state index >= 15 is 0 Å². The number of likely N-dealkylation sites (N-methyl/N-ethyl adjacent to an activating group) is 1. The molecule has 7 heteroatoms. The van der Waals surface area contributed by atoms with Crippen LogP contribution in [0.3, 0.4) is 0 Å². The molecule has 1 unspecified atom stereocenters. The Kier molecular flexibility index (Phi) is 4.88. The van der Waals surface area contributed by atoms with Gasteiger partial charge in [-0.1, -0.05) is 41.4 Å². The molecule has 0 aromatic heterocycles. The molecule has 3 rings (SSSR count). The number of rotatable bonds is 4. The summed E-state index contributed by atoms with van der Waals surface area (Å²) < 4.78 is 0. The summed E-state index contributed by atoms with van der Waals surface area (Å²) in [6.07, 6.45) is -0.229. The number of hydrogen-bond acceptors (Lipinski definition) is 3. The molecule has 0 fully saturated rings. The molecule has 0 saturated heterocycles. The second-order valence-electron chi connectivity index (χ2n) is 5.98. The fourth-order valence-electron chi connectivity index (χ4n) is 3.03. The van der Waals surface area contributed by atoms with Gasteiger partial charge < -0.3 is 15.3 Å². The zero-order valence-corrected chi connectivity index (χ0v) is 14.9. The number of halogens is 2. The number of anilines is 2. The van der Waals surface area contributed by atoms with Gasteiger partial charge in [-0.3, -0.25) is 9.59 Å². The van der Waals surface area contributed by atoms with Crippen LogP contribution in [-0.2, 0) is 16.0 Å². The van der Waals surface area contributed by atoms with Crippen molar-refractivity contribution in [1.82, 2.24) is 0 Å². The van der Waals surface area contributed by atoms with Crippen molar-refractivity contribution in [2.24, 2.45) is 0 Å². The minimum absolute atomic E-state index is 0.180. The highest BCUT2D eigenvalue weighted by Gasteiger charge is 2.31. The molecule has 130 valence electrons. The van der Waals surface area contributed by atoms with Gasteiger partial charge in [0.1, 0.15) is 0 Å². The Labute approximate surface area is 155 Å². The molecular weight excluding hydrogens is 363 g/mol. The minimum Gasteiger partial charge on any atom is -0.481 e. The van der Waals surface area contributed by atoms with Crippen molar-refractivity contribution in [3.8, 4) is 0 Å². The van der Waals surface area contributed by atoms with Crippen LogP contribution >= 0.6 is 23.2 Å². The Morgan fingerprint density at radius 2 is 1.96 bits per heavy atom. The summed E-state index contributed by atoms with van der Waals surface area (Å²) in [6, 6.07) is 10.7. The monoisotopic (exact) mass is 378 g/mol. The average molecular weight is 379 g/mol. The third kappa shape index (κ3) is 3.57. The second-order valence-corrected chi connectivity index (χ2v) is 6.79. The third-order valence-electron chi connectivity index (χ3n) is 4.23. The Morgan fingerprint density at radius 3 is 2.68 bits per heavy atom. The van der Waals surface area contributed by atoms with E-state index in [4.69, 9.17) is 28.3 Å². The number of carboxylic acid groups (broad SMARTS) is 1. The third-order valence-corrected chi connectivity index (χ3v) is 4.90. The van der Waals surface area contributed by atoms with Crippen molar-refractivity contribution in [2.75, 3.05) is 23.8 Å². The molecule has 0 spiro atoms. The summed E-state index contributed by atoms with van der Waals surface area (Å²) in [5.74, 6) is -1.49. The summed E-state index contributed by atoms with van der Waals surface area (Å²) >= 11 is 12.3. The van der Waals surface area contributed by atoms with Crippen LogP contribution in [0.25, 0.3) is 0 Å². The lowest BCUT2D eigenvalue weighted by Gasteiger charge is -2.15. The number of nitrogens with zero attached hydrogens (tertiary/aromatic N) is 1. The summed E-state index contributed by atoms with van der Waals surface area (Å²) in [7, 11) is 1.94. The van der Waals surface area contributed by atoms with E-state index < -0.39 is 5.97 Å². The van der Waals surface area contributed by atoms with Gasteiger partial charge in [0, 0.05) is 24.3 Å². The lowest BCUT2D eigenvalue weighted by molar-refractivity contribution is -0.136. The van der Waals surface area contributed by atoms with Gasteiger partial charge in [0.25, 0.3) is 0 Å². The van der Waals surface area contributed by atoms with Crippen LogP contribution in [0.5, 0.6) is 0 Å². The van der Waals surface area contributed by atoms with Gasteiger partial charge in [0.2, 0.25) is 5.91 Å². The number of amides is 1. The standard InChI is InChI=1S/C18H16Cl2N2O3/c1-22-9-12(11-4-2-3-5-16(11)22)18(25)21-15-8-13(19)10(6-14(15)20)7-17(23)24/h2-6,8,12H,7,9H2,1H3,(H,21,25)(H,23,24). The lowest BCUT2D eigenvalue weighted by atomic mass is 10.0. The largest absolute Gasteiger partial charge is 0.481 e. The molecular formula is C18H16Cl2N2O3. The van der Waals surface area contributed by atoms with Gasteiger partial charge in [0.15, 0.2) is 0 Å². The number of carbonyl (C=O) groups excluding carboxylic acids is 1. The van der Waals surface area contributed by atoms with Crippen LogP contribution in [0.1, 0.15) is 17.0 Å². The van der Waals surface area contributed by atoms with Crippen LogP contribution in [0.4, 0.5) is 11.4 Å². The zero-order valence-electron chi connectivity index (χ0n) is 13.4. The van der Waals surface area contributed by atoms with Crippen LogP contribution in [-0.4, -0.2) is 30.6 Å². The molecule has 1 aliphatic heterocycles. The van der Waals surface area contributed by atoms with Gasteiger partial charge >= 0.3 is 5.97 Å². The van der Waals surface area contributed by atoms with Crippen molar-refractivity contribution in [1.29, 1.82) is 0 Å². The summed E-state index contributed by atoms with van der Waals surface area (Å²) in [4.78, 5) is 25.6. The molecule has 25 heavy (non-hydrogen) atoms. The lowest BCUT2D eigenvalue weighted by Crippen LogP contribution is -2.25. The number of fused-ring (bicyclic) bond motifs is 1. The highest BCUT2D eigenvalue weighted by atomic mass is 35.5. The molecule has 1 aliphatic rings. The minimum atomic E-state index is -1.000. The highest BCUT2D eigenvalue weighted by molar-refractivity contribution is 6.36. The molecule has 0 aliphatic carbocycles. The first-order valence-electron chi connectivity index (χ1n) is 7.67. The van der Waals surface area contributed by atoms with Gasteiger partial charge in [-0.25, -0.2) is 0 Å². The summed E-state index contributed by atoms with van der Waals surface area (Å²) in [5.41, 5.74) is 2.77. The van der Waals surface area contributed by atoms with Gasteiger partial charge in [0.05, 0.1) is 23.0 Å². The van der Waals surface area contributed by atoms with Crippen molar-refractivity contribution in [2.45, 2.75) is 12.3 Å². The molecule has 2 N–H and O–H groups in total. The molecule has 0 saturated carbocycles. The van der Waals surface area contributed by atoms with E-state index in [1.54, 1.807) is 0 Å². The summed E-state index contributed by atoms with van der Waals surface area (Å²) in [6.45, 7) is 0.577. The second kappa shape index (κ2) is 6.94. The Bertz CT molecular complexity index is 854. The molecule has 1 heterocycles. The van der Waals surface area contributed by atoms with E-state index in [-0.39, 0.29) is 28.3 Å². The SMILES string of the molecule is CN1CC(C(=O)Nc2cc(Cl)c(CC(=O)O)cc2Cl)c2ccccc21. The number of hydrogen-bond donors (Lipinski definition) is 2. The smallest absolute Gasteiger partial charge is 0.307 e. The van der Waals surface area contributed by atoms with Crippen LogP contribution in [0.2, 0.25) is 10.0 Å². The van der Waals surface area contributed by atoms with E-state index in [9.17, 15) is 9.59 Å². The Morgan fingerprint density at radius 1 is 1.24 bits per heavy atom. The highest BCUT2D eigenvalue weighted by Crippen LogP contribution is 2.36. The number of carboxylic acids is 1. The van der Waals surface area contributed by atoms with Crippen molar-refractivity contribution < 1.29 is 14.7 Å². The first kappa shape index (κ1) is 17.6. The van der Waals surface area contributed by atoms with E-state index in [2.05, 4.69) is 5.32 Å². The van der Waals surface area contributed by atoms with Crippen molar-refractivity contribution >= 4 is 46.5 Å². The molecule has 2 aromatic carbocycles. The van der Waals surface area contributed by atoms with Crippen molar-refractivity contribution in [3.05, 3.63) is 57.6 Å². The van der Waals surface area contributed by atoms with Crippen LogP contribution < -0.4 is 10.2 Å². The van der Waals surface area contributed by atoms with E-state index in [1.165, 1.54) is 12.1 Å². The molecule has 2 aromatic rings. The van der Waals surface area contributed by atoms with Gasteiger partial charge in [-0.2, -0.15) is 0 Å². The number of benzene rings is 2. The van der Waals surface area contributed by atoms with E-state index in [0.717, 1.165) is 11.3 Å². The van der Waals surface area contributed by atoms with Crippen LogP contribution in [0, 0.1) is 0 Å². The first-order valence-corrected chi connectivity index (χ1v) is 8.43. The Hall–Kier alpha value is -2.24. The predicted molar refractivity (Wildman–Crippen MR) is 98.9 cm³/mol. The topological polar surface area (TPSA) is 69.6 Å². The van der Waals surface area contributed by atoms with Gasteiger partial charge in [-0.15, -0.1) is 0 Å². The first-order chi connectivity index (χ1) is 11.9. The maximum Gasteiger partial charge on any atom is 0.307 e. The fraction of sp³-hybridized carbons (Fsp3) is 0.222. The quantitative estimate of drug-likeness (QED) is 0.848. The normalized spacial score (nSPS) is 15.8. The summed E-state index contributed by atoms with van der Waals surface area (Å²) in [5, 5.41) is 12.2. The number of nitrogens with one attached hydrogen (secondary N) is 1. The molecule has 0 bridgehead atoms. The average Bonchev–Trinajstić information content (AvgIpc) is 2.89. The molecule has 0 radical (unpaired) electrons. The van der Waals surface area contributed by atoms with E-state index in [0.29, 0.717) is 17.8 Å². The maximum atomic E-state index is 12.7. The zero-order chi connectivity index (χ0) is 18.1. The van der Waals surface area contributed by atoms with E-state index in [1.807, 2.05) is 36.2 Å². The predicted octanol–water partition coefficient (Wildman–Crippen LogP) is 3.79. The molecule has 5 nitrogen and oxygen atoms in total. The van der Waals surface area contributed by atoms with Gasteiger partial charge in [-0.05, 0) is 29.3 Å². The molecule has 1 amide bonds. The van der Waals surface area contributed by atoms with Crippen LogP contribution in [0.15, 0.2) is 36.4 Å². The maximum absolute atomic E-state index is 12.7. The number of carbonyl (C=O) groups is 2. The number of para-hydroxylation sites is 1. The van der Waals surface area contributed by atoms with Crippen molar-refractivity contribution in [3.63, 3.8) is 0 Å². The number of aliphatic carboxylic acids is 1.